The molecule has 0 unspecified atom stereocenters. The fourth-order valence-corrected chi connectivity index (χ4v) is 2.61. The van der Waals surface area contributed by atoms with Crippen LogP contribution in [0.3, 0.4) is 0 Å². The van der Waals surface area contributed by atoms with Crippen molar-refractivity contribution in [2.45, 2.75) is 26.8 Å². The van der Waals surface area contributed by atoms with Crippen LogP contribution in [-0.4, -0.2) is 10.9 Å². The van der Waals surface area contributed by atoms with Crippen molar-refractivity contribution in [2.75, 3.05) is 0 Å². The van der Waals surface area contributed by atoms with Crippen molar-refractivity contribution >= 4 is 21.8 Å². The normalized spacial score (nSPS) is 10.5. The summed E-state index contributed by atoms with van der Waals surface area (Å²) in [6.45, 7) is 3.81. The molecule has 116 valence electrons. The third-order valence-corrected chi connectivity index (χ3v) is 3.91. The molecule has 2 N–H and O–H groups in total. The van der Waals surface area contributed by atoms with Gasteiger partial charge < -0.3 is 10.3 Å². The molecule has 6 heteroatoms. The van der Waals surface area contributed by atoms with Crippen LogP contribution in [0.2, 0.25) is 0 Å². The quantitative estimate of drug-likeness (QED) is 0.873. The highest BCUT2D eigenvalue weighted by molar-refractivity contribution is 9.10. The van der Waals surface area contributed by atoms with Gasteiger partial charge in [-0.3, -0.25) is 9.59 Å². The lowest BCUT2D eigenvalue weighted by Crippen LogP contribution is -2.29. The van der Waals surface area contributed by atoms with Gasteiger partial charge in [-0.25, -0.2) is 4.39 Å². The maximum absolute atomic E-state index is 13.1. The predicted molar refractivity (Wildman–Crippen MR) is 86.2 cm³/mol. The van der Waals surface area contributed by atoms with Crippen molar-refractivity contribution in [3.05, 3.63) is 67.3 Å². The molecular weight excluding hydrogens is 351 g/mol. The van der Waals surface area contributed by atoms with Crippen molar-refractivity contribution < 1.29 is 9.18 Å². The Hall–Kier alpha value is -1.95. The van der Waals surface area contributed by atoms with E-state index in [0.717, 1.165) is 11.3 Å². The molecule has 1 aromatic carbocycles. The molecule has 1 heterocycles. The molecule has 0 aliphatic heterocycles. The van der Waals surface area contributed by atoms with Crippen LogP contribution in [0.5, 0.6) is 0 Å². The second kappa shape index (κ2) is 6.87. The maximum atomic E-state index is 13.1. The molecule has 0 bridgehead atoms. The standard InChI is InChI=1S/C16H16BrFN2O2/c1-9-5-10(2)20-16(22)12(9)8-19-15(21)7-11-3-4-14(18)13(17)6-11/h3-6H,7-8H2,1-2H3,(H,19,21)(H,20,22). The van der Waals surface area contributed by atoms with Crippen LogP contribution in [0.4, 0.5) is 4.39 Å². The number of amides is 1. The number of carbonyl (C=O) groups is 1. The number of hydrogen-bond acceptors (Lipinski definition) is 2. The summed E-state index contributed by atoms with van der Waals surface area (Å²) in [5.41, 5.74) is 2.67. The Bertz CT molecular complexity index is 771. The molecule has 0 radical (unpaired) electrons. The molecule has 0 aliphatic carbocycles. The number of aromatic nitrogens is 1. The van der Waals surface area contributed by atoms with Gasteiger partial charge in [0.25, 0.3) is 5.56 Å². The number of nitrogens with one attached hydrogen (secondary N) is 2. The Morgan fingerprint density at radius 2 is 2.05 bits per heavy atom. The van der Waals surface area contributed by atoms with Gasteiger partial charge in [-0.2, -0.15) is 0 Å². The highest BCUT2D eigenvalue weighted by Gasteiger charge is 2.09. The summed E-state index contributed by atoms with van der Waals surface area (Å²) in [6, 6.07) is 6.30. The zero-order chi connectivity index (χ0) is 16.3. The molecule has 0 fully saturated rings. The van der Waals surface area contributed by atoms with E-state index in [1.165, 1.54) is 6.07 Å². The first kappa shape index (κ1) is 16.4. The summed E-state index contributed by atoms with van der Waals surface area (Å²) in [5, 5.41) is 2.71. The minimum Gasteiger partial charge on any atom is -0.352 e. The van der Waals surface area contributed by atoms with E-state index in [2.05, 4.69) is 26.2 Å². The number of hydrogen-bond donors (Lipinski definition) is 2. The molecule has 0 atom stereocenters. The van der Waals surface area contributed by atoms with E-state index in [-0.39, 0.29) is 30.2 Å². The summed E-state index contributed by atoms with van der Waals surface area (Å²) in [6.07, 6.45) is 0.127. The Kier molecular flexibility index (Phi) is 5.13. The van der Waals surface area contributed by atoms with Crippen LogP contribution < -0.4 is 10.9 Å². The first-order valence-electron chi connectivity index (χ1n) is 6.77. The molecule has 1 aromatic heterocycles. The minimum absolute atomic E-state index is 0.127. The topological polar surface area (TPSA) is 62.0 Å². The lowest BCUT2D eigenvalue weighted by Gasteiger charge is -2.08. The number of rotatable bonds is 4. The third kappa shape index (κ3) is 4.04. The zero-order valence-electron chi connectivity index (χ0n) is 12.3. The zero-order valence-corrected chi connectivity index (χ0v) is 13.9. The molecule has 0 aliphatic rings. The van der Waals surface area contributed by atoms with Crippen LogP contribution in [-0.2, 0) is 17.8 Å². The number of aryl methyl sites for hydroxylation is 2. The van der Waals surface area contributed by atoms with E-state index >= 15 is 0 Å². The molecule has 1 amide bonds. The lowest BCUT2D eigenvalue weighted by atomic mass is 10.1. The molecule has 0 saturated carbocycles. The van der Waals surface area contributed by atoms with Crippen LogP contribution in [0.1, 0.15) is 22.4 Å². The average molecular weight is 367 g/mol. The van der Waals surface area contributed by atoms with E-state index in [9.17, 15) is 14.0 Å². The van der Waals surface area contributed by atoms with Crippen molar-refractivity contribution in [1.29, 1.82) is 0 Å². The molecule has 2 rings (SSSR count). The number of benzene rings is 1. The number of pyridine rings is 1. The molecule has 22 heavy (non-hydrogen) atoms. The van der Waals surface area contributed by atoms with Gasteiger partial charge in [0, 0.05) is 17.8 Å². The second-order valence-electron chi connectivity index (χ2n) is 5.15. The van der Waals surface area contributed by atoms with E-state index in [0.29, 0.717) is 15.6 Å². The molecule has 0 saturated heterocycles. The Morgan fingerprint density at radius 1 is 1.32 bits per heavy atom. The molecular formula is C16H16BrFN2O2. The molecule has 2 aromatic rings. The first-order valence-corrected chi connectivity index (χ1v) is 7.56. The van der Waals surface area contributed by atoms with Gasteiger partial charge in [0.15, 0.2) is 0 Å². The monoisotopic (exact) mass is 366 g/mol. The number of aromatic amines is 1. The lowest BCUT2D eigenvalue weighted by molar-refractivity contribution is -0.120. The van der Waals surface area contributed by atoms with E-state index in [4.69, 9.17) is 0 Å². The van der Waals surface area contributed by atoms with Crippen LogP contribution in [0, 0.1) is 19.7 Å². The number of carbonyl (C=O) groups excluding carboxylic acids is 1. The van der Waals surface area contributed by atoms with Crippen molar-refractivity contribution in [3.63, 3.8) is 0 Å². The number of halogens is 2. The summed E-state index contributed by atoms with van der Waals surface area (Å²) in [7, 11) is 0. The highest BCUT2D eigenvalue weighted by Crippen LogP contribution is 2.17. The van der Waals surface area contributed by atoms with Crippen LogP contribution in [0.25, 0.3) is 0 Å². The van der Waals surface area contributed by atoms with Gasteiger partial charge in [-0.1, -0.05) is 6.07 Å². The van der Waals surface area contributed by atoms with Gasteiger partial charge >= 0.3 is 0 Å². The fraction of sp³-hybridized carbons (Fsp3) is 0.250. The summed E-state index contributed by atoms with van der Waals surface area (Å²) in [5.74, 6) is -0.594. The summed E-state index contributed by atoms with van der Waals surface area (Å²) >= 11 is 3.09. The average Bonchev–Trinajstić information content (AvgIpc) is 2.41. The van der Waals surface area contributed by atoms with Gasteiger partial charge in [0.1, 0.15) is 5.82 Å². The minimum atomic E-state index is -0.369. The fourth-order valence-electron chi connectivity index (χ4n) is 2.19. The Balaban J connectivity index is 2.01. The largest absolute Gasteiger partial charge is 0.352 e. The molecule has 0 spiro atoms. The maximum Gasteiger partial charge on any atom is 0.253 e. The van der Waals surface area contributed by atoms with E-state index in [1.54, 1.807) is 12.1 Å². The first-order chi connectivity index (χ1) is 10.4. The van der Waals surface area contributed by atoms with Crippen LogP contribution in [0.15, 0.2) is 33.5 Å². The van der Waals surface area contributed by atoms with Crippen molar-refractivity contribution in [2.24, 2.45) is 0 Å². The van der Waals surface area contributed by atoms with Gasteiger partial charge in [-0.15, -0.1) is 0 Å². The van der Waals surface area contributed by atoms with Gasteiger partial charge in [-0.05, 0) is 59.1 Å². The van der Waals surface area contributed by atoms with Crippen LogP contribution >= 0.6 is 15.9 Å². The highest BCUT2D eigenvalue weighted by atomic mass is 79.9. The third-order valence-electron chi connectivity index (χ3n) is 3.30. The Morgan fingerprint density at radius 3 is 2.68 bits per heavy atom. The Labute approximate surface area is 135 Å². The smallest absolute Gasteiger partial charge is 0.253 e. The van der Waals surface area contributed by atoms with Crippen molar-refractivity contribution in [3.8, 4) is 0 Å². The number of H-pyrrole nitrogens is 1. The SMILES string of the molecule is Cc1cc(C)c(CNC(=O)Cc2ccc(F)c(Br)c2)c(=O)[nH]1. The summed E-state index contributed by atoms with van der Waals surface area (Å²) < 4.78 is 13.5. The van der Waals surface area contributed by atoms with E-state index in [1.807, 2.05) is 19.9 Å². The van der Waals surface area contributed by atoms with Gasteiger partial charge in [0.2, 0.25) is 5.91 Å². The summed E-state index contributed by atoms with van der Waals surface area (Å²) in [4.78, 5) is 26.5. The predicted octanol–water partition coefficient (Wildman–Crippen LogP) is 2.75. The van der Waals surface area contributed by atoms with Crippen molar-refractivity contribution in [1.82, 2.24) is 10.3 Å². The van der Waals surface area contributed by atoms with E-state index < -0.39 is 0 Å². The molecule has 4 nitrogen and oxygen atoms in total. The second-order valence-corrected chi connectivity index (χ2v) is 6.00. The van der Waals surface area contributed by atoms with Gasteiger partial charge in [0.05, 0.1) is 10.9 Å².